The molecule has 0 radical (unpaired) electrons. The van der Waals surface area contributed by atoms with Crippen molar-refractivity contribution in [1.29, 1.82) is 10.8 Å². The van der Waals surface area contributed by atoms with E-state index in [0.717, 1.165) is 16.6 Å². The smallest absolute Gasteiger partial charge is 0.264 e. The number of nitrogen functional groups attached to an aromatic ring is 2. The second kappa shape index (κ2) is 6.72. The lowest BCUT2D eigenvalue weighted by atomic mass is 10.2. The van der Waals surface area contributed by atoms with E-state index in [4.69, 9.17) is 26.7 Å². The quantitative estimate of drug-likeness (QED) is 0.180. The Labute approximate surface area is 184 Å². The molecule has 8 N–H and O–H groups in total. The topological polar surface area (TPSA) is 196 Å². The summed E-state index contributed by atoms with van der Waals surface area (Å²) in [5, 5.41) is 15.2. The lowest BCUT2D eigenvalue weighted by molar-refractivity contribution is 0.614. The molecular formula is C22H16N10O. The van der Waals surface area contributed by atoms with E-state index >= 15 is 0 Å². The largest absolute Gasteiger partial charge is 0.433 e. The molecule has 0 spiro atoms. The second-order valence-corrected chi connectivity index (χ2v) is 7.52. The van der Waals surface area contributed by atoms with Crippen molar-refractivity contribution in [3.63, 3.8) is 0 Å². The van der Waals surface area contributed by atoms with Crippen molar-refractivity contribution >= 4 is 44.8 Å². The van der Waals surface area contributed by atoms with E-state index in [1.807, 2.05) is 0 Å². The van der Waals surface area contributed by atoms with Gasteiger partial charge >= 0.3 is 0 Å². The van der Waals surface area contributed by atoms with Gasteiger partial charge in [0.1, 0.15) is 22.9 Å². The number of pyridine rings is 1. The molecule has 0 atom stereocenters. The second-order valence-electron chi connectivity index (χ2n) is 7.52. The van der Waals surface area contributed by atoms with Gasteiger partial charge in [-0.05, 0) is 36.4 Å². The highest BCUT2D eigenvalue weighted by Gasteiger charge is 2.16. The molecule has 0 aliphatic rings. The van der Waals surface area contributed by atoms with E-state index in [2.05, 4.69) is 29.9 Å². The van der Waals surface area contributed by atoms with Crippen molar-refractivity contribution in [2.75, 3.05) is 0 Å². The van der Waals surface area contributed by atoms with E-state index in [1.54, 1.807) is 48.7 Å². The molecule has 6 aromatic rings. The van der Waals surface area contributed by atoms with Crippen molar-refractivity contribution in [2.45, 2.75) is 0 Å². The summed E-state index contributed by atoms with van der Waals surface area (Å²) in [6.07, 6.45) is 1.61. The molecule has 4 heterocycles. The van der Waals surface area contributed by atoms with Gasteiger partial charge in [-0.1, -0.05) is 0 Å². The van der Waals surface area contributed by atoms with Crippen LogP contribution < -0.4 is 11.5 Å². The Morgan fingerprint density at radius 1 is 0.758 bits per heavy atom. The van der Waals surface area contributed by atoms with Gasteiger partial charge in [0.15, 0.2) is 17.2 Å². The Bertz CT molecular complexity index is 1650. The molecule has 160 valence electrons. The van der Waals surface area contributed by atoms with E-state index in [-0.39, 0.29) is 11.7 Å². The fourth-order valence-corrected chi connectivity index (χ4v) is 3.64. The molecule has 6 rings (SSSR count). The Hall–Kier alpha value is -5.06. The molecule has 0 saturated carbocycles. The molecule has 0 bridgehead atoms. The predicted octanol–water partition coefficient (Wildman–Crippen LogP) is 2.88. The number of oxazole rings is 1. The maximum absolute atomic E-state index is 7.60. The summed E-state index contributed by atoms with van der Waals surface area (Å²) in [5.41, 5.74) is 17.0. The van der Waals surface area contributed by atoms with E-state index in [0.29, 0.717) is 51.0 Å². The number of rotatable bonds is 4. The molecule has 11 nitrogen and oxygen atoms in total. The number of aromatic nitrogens is 6. The van der Waals surface area contributed by atoms with Gasteiger partial charge in [-0.2, -0.15) is 0 Å². The van der Waals surface area contributed by atoms with Crippen LogP contribution in [0.1, 0.15) is 11.1 Å². The van der Waals surface area contributed by atoms with Gasteiger partial charge in [0.2, 0.25) is 0 Å². The first-order valence-corrected chi connectivity index (χ1v) is 9.90. The molecule has 0 aliphatic heterocycles. The molecule has 11 heteroatoms. The summed E-state index contributed by atoms with van der Waals surface area (Å²) in [5.74, 6) is 1.32. The van der Waals surface area contributed by atoms with Gasteiger partial charge in [-0.25, -0.2) is 15.0 Å². The Kier molecular flexibility index (Phi) is 3.81. The summed E-state index contributed by atoms with van der Waals surface area (Å²) < 4.78 is 5.95. The number of amidine groups is 2. The number of imidazole rings is 2. The molecule has 2 aromatic carbocycles. The third-order valence-corrected chi connectivity index (χ3v) is 5.31. The normalized spacial score (nSPS) is 11.5. The number of benzene rings is 2. The summed E-state index contributed by atoms with van der Waals surface area (Å²) >= 11 is 0. The highest BCUT2D eigenvalue weighted by Crippen LogP contribution is 2.27. The van der Waals surface area contributed by atoms with E-state index in [1.165, 1.54) is 0 Å². The van der Waals surface area contributed by atoms with Crippen LogP contribution in [-0.2, 0) is 0 Å². The Morgan fingerprint density at radius 3 is 2.00 bits per heavy atom. The van der Waals surface area contributed by atoms with Crippen molar-refractivity contribution < 1.29 is 4.42 Å². The van der Waals surface area contributed by atoms with Crippen LogP contribution in [0, 0.1) is 10.8 Å². The standard InChI is InChI=1S/C22H16N10O/c23-18(24)9-1-3-11-13(5-9)30-20(28-11)15-7-17-16(8-27-15)32-22(33-17)21-29-12-4-2-10(19(25)26)6-14(12)31-21/h1-8H,(H3,23,24)(H3,25,26)(H,28,30)(H,29,31). The lowest BCUT2D eigenvalue weighted by Crippen LogP contribution is -2.10. The number of aromatic amines is 2. The predicted molar refractivity (Wildman–Crippen MR) is 124 cm³/mol. The van der Waals surface area contributed by atoms with Gasteiger partial charge in [-0.3, -0.25) is 15.8 Å². The number of nitrogens with one attached hydrogen (secondary N) is 4. The third-order valence-electron chi connectivity index (χ3n) is 5.31. The molecular weight excluding hydrogens is 420 g/mol. The molecule has 0 amide bonds. The van der Waals surface area contributed by atoms with Crippen LogP contribution in [0.15, 0.2) is 53.1 Å². The van der Waals surface area contributed by atoms with Crippen LogP contribution in [0.4, 0.5) is 0 Å². The molecule has 0 unspecified atom stereocenters. The fraction of sp³-hybridized carbons (Fsp3) is 0. The van der Waals surface area contributed by atoms with Gasteiger partial charge in [0, 0.05) is 17.2 Å². The molecule has 0 aliphatic carbocycles. The number of nitrogens with zero attached hydrogens (tertiary/aromatic N) is 4. The monoisotopic (exact) mass is 436 g/mol. The number of nitrogens with two attached hydrogens (primary N) is 2. The Morgan fingerprint density at radius 2 is 1.36 bits per heavy atom. The van der Waals surface area contributed by atoms with Gasteiger partial charge < -0.3 is 25.9 Å². The van der Waals surface area contributed by atoms with Crippen LogP contribution in [0.2, 0.25) is 0 Å². The van der Waals surface area contributed by atoms with E-state index in [9.17, 15) is 0 Å². The summed E-state index contributed by atoms with van der Waals surface area (Å²) in [6.45, 7) is 0. The molecule has 0 fully saturated rings. The van der Waals surface area contributed by atoms with Crippen molar-refractivity contribution in [3.05, 3.63) is 59.8 Å². The number of hydrogen-bond acceptors (Lipinski definition) is 7. The first-order valence-electron chi connectivity index (χ1n) is 9.90. The lowest BCUT2D eigenvalue weighted by Gasteiger charge is -1.96. The van der Waals surface area contributed by atoms with Crippen LogP contribution >= 0.6 is 0 Å². The number of fused-ring (bicyclic) bond motifs is 3. The van der Waals surface area contributed by atoms with Gasteiger partial charge in [-0.15, -0.1) is 0 Å². The van der Waals surface area contributed by atoms with Crippen LogP contribution in [-0.4, -0.2) is 41.6 Å². The SMILES string of the molecule is N=C(N)c1ccc2nc(-c3cc4oc(-c5nc6ccc(C(=N)N)cc6[nH]5)nc4cn3)[nH]c2c1. The van der Waals surface area contributed by atoms with Gasteiger partial charge in [0.05, 0.1) is 28.3 Å². The van der Waals surface area contributed by atoms with Crippen LogP contribution in [0.5, 0.6) is 0 Å². The van der Waals surface area contributed by atoms with Crippen molar-refractivity contribution in [3.8, 4) is 23.2 Å². The average Bonchev–Trinajstić information content (AvgIpc) is 3.52. The maximum atomic E-state index is 7.60. The zero-order valence-corrected chi connectivity index (χ0v) is 17.0. The molecule has 0 saturated heterocycles. The third kappa shape index (κ3) is 3.07. The maximum Gasteiger partial charge on any atom is 0.264 e. The minimum atomic E-state index is -0.0170. The van der Waals surface area contributed by atoms with Crippen molar-refractivity contribution in [1.82, 2.24) is 29.9 Å². The highest BCUT2D eigenvalue weighted by atomic mass is 16.3. The van der Waals surface area contributed by atoms with Gasteiger partial charge in [0.25, 0.3) is 5.89 Å². The summed E-state index contributed by atoms with van der Waals surface area (Å²) in [4.78, 5) is 24.4. The minimum Gasteiger partial charge on any atom is -0.433 e. The van der Waals surface area contributed by atoms with Crippen molar-refractivity contribution in [2.24, 2.45) is 11.5 Å². The molecule has 4 aromatic heterocycles. The zero-order valence-electron chi connectivity index (χ0n) is 17.0. The molecule has 33 heavy (non-hydrogen) atoms. The van der Waals surface area contributed by atoms with Crippen LogP contribution in [0.25, 0.3) is 56.4 Å². The minimum absolute atomic E-state index is 0.00936. The van der Waals surface area contributed by atoms with Crippen LogP contribution in [0.3, 0.4) is 0 Å². The first kappa shape index (κ1) is 18.7. The summed E-state index contributed by atoms with van der Waals surface area (Å²) in [6, 6.07) is 12.4. The fourth-order valence-electron chi connectivity index (χ4n) is 3.64. The van der Waals surface area contributed by atoms with E-state index < -0.39 is 0 Å². The number of hydrogen-bond donors (Lipinski definition) is 6. The first-order chi connectivity index (χ1) is 15.9. The highest BCUT2D eigenvalue weighted by molar-refractivity contribution is 5.99. The zero-order chi connectivity index (χ0) is 22.7. The Balaban J connectivity index is 1.39. The summed E-state index contributed by atoms with van der Waals surface area (Å²) in [7, 11) is 0. The average molecular weight is 436 g/mol. The number of H-pyrrole nitrogens is 2.